The largest absolute Gasteiger partial charge is 0.456 e. The lowest BCUT2D eigenvalue weighted by atomic mass is 9.93. The fourth-order valence-electron chi connectivity index (χ4n) is 3.72. The summed E-state index contributed by atoms with van der Waals surface area (Å²) in [6.07, 6.45) is 5.90. The standard InChI is InChI=1S/C27H27NO4/c28-27(17-29,18-30)14-13-21-9-11-22-25(16-21)32-24-12-10-20(15-23(24)26(22)31)8-4-7-19-5-2-1-3-6-19/h1-6,8-12,15-16,29-30H,7,13-14,17-18,28H2. The molecule has 0 spiro atoms. The summed E-state index contributed by atoms with van der Waals surface area (Å²) in [6.45, 7) is -0.585. The Morgan fingerprint density at radius 3 is 2.41 bits per heavy atom. The average Bonchev–Trinajstić information content (AvgIpc) is 2.83. The van der Waals surface area contributed by atoms with Crippen molar-refractivity contribution in [2.24, 2.45) is 5.73 Å². The third-order valence-electron chi connectivity index (χ3n) is 5.81. The molecule has 0 saturated carbocycles. The second-order valence-corrected chi connectivity index (χ2v) is 8.29. The molecule has 5 heteroatoms. The first-order valence-corrected chi connectivity index (χ1v) is 10.7. The Bertz CT molecular complexity index is 1300. The molecule has 4 rings (SSSR count). The number of benzene rings is 3. The van der Waals surface area contributed by atoms with Gasteiger partial charge in [-0.25, -0.2) is 0 Å². The zero-order valence-corrected chi connectivity index (χ0v) is 17.8. The fraction of sp³-hybridized carbons (Fsp3) is 0.222. The molecule has 0 bridgehead atoms. The molecule has 32 heavy (non-hydrogen) atoms. The molecular formula is C27H27NO4. The molecule has 164 valence electrons. The number of fused-ring (bicyclic) bond motifs is 2. The number of aliphatic hydroxyl groups excluding tert-OH is 2. The van der Waals surface area contributed by atoms with Crippen molar-refractivity contribution in [1.29, 1.82) is 0 Å². The maximum atomic E-state index is 13.1. The van der Waals surface area contributed by atoms with Crippen LogP contribution in [0.1, 0.15) is 23.1 Å². The van der Waals surface area contributed by atoms with Gasteiger partial charge in [-0.05, 0) is 60.2 Å². The highest BCUT2D eigenvalue weighted by Crippen LogP contribution is 2.22. The van der Waals surface area contributed by atoms with Crippen LogP contribution in [-0.2, 0) is 12.8 Å². The van der Waals surface area contributed by atoms with Gasteiger partial charge in [0.2, 0.25) is 5.43 Å². The monoisotopic (exact) mass is 429 g/mol. The van der Waals surface area contributed by atoms with E-state index in [9.17, 15) is 15.0 Å². The molecule has 5 nitrogen and oxygen atoms in total. The average molecular weight is 430 g/mol. The Kier molecular flexibility index (Phi) is 6.51. The molecule has 4 N–H and O–H groups in total. The van der Waals surface area contributed by atoms with E-state index in [2.05, 4.69) is 18.2 Å². The number of aliphatic hydroxyl groups is 2. The number of hydrogen-bond acceptors (Lipinski definition) is 5. The molecule has 1 heterocycles. The topological polar surface area (TPSA) is 96.7 Å². The van der Waals surface area contributed by atoms with Crippen LogP contribution in [0, 0.1) is 0 Å². The molecular weight excluding hydrogens is 402 g/mol. The van der Waals surface area contributed by atoms with Crippen molar-refractivity contribution >= 4 is 28.0 Å². The summed E-state index contributed by atoms with van der Waals surface area (Å²) in [5.41, 5.74) is 9.03. The van der Waals surface area contributed by atoms with Crippen LogP contribution in [0.2, 0.25) is 0 Å². The Labute approximate surface area is 186 Å². The van der Waals surface area contributed by atoms with E-state index in [1.165, 1.54) is 5.56 Å². The lowest BCUT2D eigenvalue weighted by molar-refractivity contribution is 0.115. The predicted octanol–water partition coefficient (Wildman–Crippen LogP) is 3.82. The molecule has 0 aliphatic heterocycles. The van der Waals surface area contributed by atoms with Crippen molar-refractivity contribution in [3.63, 3.8) is 0 Å². The van der Waals surface area contributed by atoms with Crippen LogP contribution in [0.5, 0.6) is 0 Å². The summed E-state index contributed by atoms with van der Waals surface area (Å²) in [6, 6.07) is 21.3. The SMILES string of the molecule is NC(CO)(CO)CCc1ccc2c(=O)c3cc(C=CCc4ccccc4)ccc3oc2c1. The first kappa shape index (κ1) is 22.0. The smallest absolute Gasteiger partial charge is 0.200 e. The van der Waals surface area contributed by atoms with Gasteiger partial charge in [0.15, 0.2) is 0 Å². The van der Waals surface area contributed by atoms with Gasteiger partial charge >= 0.3 is 0 Å². The van der Waals surface area contributed by atoms with Gasteiger partial charge in [0.1, 0.15) is 11.2 Å². The van der Waals surface area contributed by atoms with Crippen molar-refractivity contribution in [3.8, 4) is 0 Å². The zero-order valence-electron chi connectivity index (χ0n) is 17.8. The number of hydrogen-bond donors (Lipinski definition) is 3. The molecule has 4 aromatic rings. The van der Waals surface area contributed by atoms with Crippen molar-refractivity contribution in [1.82, 2.24) is 0 Å². The van der Waals surface area contributed by atoms with E-state index in [0.29, 0.717) is 34.8 Å². The molecule has 3 aromatic carbocycles. The number of rotatable bonds is 8. The molecule has 0 aliphatic rings. The van der Waals surface area contributed by atoms with Crippen LogP contribution in [0.3, 0.4) is 0 Å². The summed E-state index contributed by atoms with van der Waals surface area (Å²) in [7, 11) is 0. The molecule has 0 aliphatic carbocycles. The van der Waals surface area contributed by atoms with E-state index in [1.807, 2.05) is 54.6 Å². The van der Waals surface area contributed by atoms with Gasteiger partial charge in [-0.2, -0.15) is 0 Å². The molecule has 0 amide bonds. The molecule has 0 atom stereocenters. The normalized spacial score (nSPS) is 12.2. The van der Waals surface area contributed by atoms with Gasteiger partial charge in [-0.1, -0.05) is 54.6 Å². The van der Waals surface area contributed by atoms with Gasteiger partial charge in [0.05, 0.1) is 29.5 Å². The quantitative estimate of drug-likeness (QED) is 0.370. The van der Waals surface area contributed by atoms with Crippen LogP contribution < -0.4 is 11.2 Å². The Balaban J connectivity index is 1.60. The molecule has 1 aromatic heterocycles. The van der Waals surface area contributed by atoms with Crippen molar-refractivity contribution in [2.75, 3.05) is 13.2 Å². The Hall–Kier alpha value is -3.25. The van der Waals surface area contributed by atoms with Crippen LogP contribution in [0.25, 0.3) is 28.0 Å². The third kappa shape index (κ3) is 4.81. The van der Waals surface area contributed by atoms with Crippen LogP contribution >= 0.6 is 0 Å². The van der Waals surface area contributed by atoms with Crippen molar-refractivity contribution < 1.29 is 14.6 Å². The van der Waals surface area contributed by atoms with Crippen molar-refractivity contribution in [2.45, 2.75) is 24.8 Å². The van der Waals surface area contributed by atoms with Gasteiger partial charge in [0, 0.05) is 0 Å². The summed E-state index contributed by atoms with van der Waals surface area (Å²) in [5.74, 6) is 0. The number of nitrogens with two attached hydrogens (primary N) is 1. The van der Waals surface area contributed by atoms with Crippen LogP contribution in [-0.4, -0.2) is 29.0 Å². The van der Waals surface area contributed by atoms with E-state index in [4.69, 9.17) is 10.2 Å². The predicted molar refractivity (Wildman–Crippen MR) is 129 cm³/mol. The number of aryl methyl sites for hydroxylation is 1. The second kappa shape index (κ2) is 9.49. The highest BCUT2D eigenvalue weighted by Gasteiger charge is 2.22. The van der Waals surface area contributed by atoms with Gasteiger partial charge in [-0.3, -0.25) is 4.79 Å². The van der Waals surface area contributed by atoms with E-state index in [0.717, 1.165) is 17.5 Å². The first-order chi connectivity index (χ1) is 15.5. The lowest BCUT2D eigenvalue weighted by Crippen LogP contribution is -2.47. The first-order valence-electron chi connectivity index (χ1n) is 10.7. The molecule has 0 fully saturated rings. The number of allylic oxidation sites excluding steroid dienone is 1. The van der Waals surface area contributed by atoms with Gasteiger partial charge in [-0.15, -0.1) is 0 Å². The summed E-state index contributed by atoms with van der Waals surface area (Å²) in [4.78, 5) is 13.1. The highest BCUT2D eigenvalue weighted by molar-refractivity contribution is 5.90. The van der Waals surface area contributed by atoms with E-state index < -0.39 is 5.54 Å². The second-order valence-electron chi connectivity index (χ2n) is 8.29. The maximum Gasteiger partial charge on any atom is 0.200 e. The highest BCUT2D eigenvalue weighted by atomic mass is 16.3. The summed E-state index contributed by atoms with van der Waals surface area (Å²) >= 11 is 0. The maximum absolute atomic E-state index is 13.1. The fourth-order valence-corrected chi connectivity index (χ4v) is 3.72. The van der Waals surface area contributed by atoms with Crippen molar-refractivity contribution in [3.05, 3.63) is 99.7 Å². The van der Waals surface area contributed by atoms with E-state index >= 15 is 0 Å². The van der Waals surface area contributed by atoms with Crippen LogP contribution in [0.15, 0.2) is 82.0 Å². The lowest BCUT2D eigenvalue weighted by Gasteiger charge is -2.24. The summed E-state index contributed by atoms with van der Waals surface area (Å²) < 4.78 is 6.03. The zero-order chi connectivity index (χ0) is 22.6. The minimum atomic E-state index is -1.02. The molecule has 0 radical (unpaired) electrons. The summed E-state index contributed by atoms with van der Waals surface area (Å²) in [5, 5.41) is 19.8. The minimum Gasteiger partial charge on any atom is -0.456 e. The van der Waals surface area contributed by atoms with Gasteiger partial charge in [0.25, 0.3) is 0 Å². The third-order valence-corrected chi connectivity index (χ3v) is 5.81. The van der Waals surface area contributed by atoms with E-state index in [-0.39, 0.29) is 18.6 Å². The minimum absolute atomic E-state index is 0.0648. The van der Waals surface area contributed by atoms with Crippen LogP contribution in [0.4, 0.5) is 0 Å². The van der Waals surface area contributed by atoms with Gasteiger partial charge < -0.3 is 20.4 Å². The molecule has 0 saturated heterocycles. The van der Waals surface area contributed by atoms with E-state index in [1.54, 1.807) is 6.07 Å². The molecule has 0 unspecified atom stereocenters. The Morgan fingerprint density at radius 2 is 1.66 bits per heavy atom. The Morgan fingerprint density at radius 1 is 0.875 bits per heavy atom.